The minimum atomic E-state index is -0.274. The van der Waals surface area contributed by atoms with E-state index in [4.69, 9.17) is 10.3 Å². The molecule has 0 saturated heterocycles. The van der Waals surface area contributed by atoms with Gasteiger partial charge in [-0.05, 0) is 26.0 Å². The van der Waals surface area contributed by atoms with Crippen molar-refractivity contribution in [1.29, 1.82) is 0 Å². The molecule has 4 N–H and O–H groups in total. The van der Waals surface area contributed by atoms with Gasteiger partial charge in [0.25, 0.3) is 5.91 Å². The van der Waals surface area contributed by atoms with E-state index in [0.717, 1.165) is 5.56 Å². The van der Waals surface area contributed by atoms with Crippen molar-refractivity contribution in [1.82, 2.24) is 10.5 Å². The van der Waals surface area contributed by atoms with E-state index < -0.39 is 0 Å². The summed E-state index contributed by atoms with van der Waals surface area (Å²) < 4.78 is 5.05. The van der Waals surface area contributed by atoms with Gasteiger partial charge in [0.1, 0.15) is 5.76 Å². The standard InChI is InChI=1S/C16H20N4O3.ClH/c1-10-13(11(2)23-20-10)9-15(21)19-14-6-4-3-5-12(14)16(22)18-8-7-17;/h3-6H,7-9,17H2,1-2H3,(H,18,22)(H,19,21);1H. The van der Waals surface area contributed by atoms with Gasteiger partial charge in [-0.1, -0.05) is 17.3 Å². The maximum absolute atomic E-state index is 12.2. The van der Waals surface area contributed by atoms with Crippen molar-refractivity contribution in [3.63, 3.8) is 0 Å². The Kier molecular flexibility index (Phi) is 7.41. The summed E-state index contributed by atoms with van der Waals surface area (Å²) >= 11 is 0. The molecule has 0 unspecified atom stereocenters. The van der Waals surface area contributed by atoms with E-state index in [-0.39, 0.29) is 30.6 Å². The van der Waals surface area contributed by atoms with Crippen LogP contribution in [0.5, 0.6) is 0 Å². The van der Waals surface area contributed by atoms with Crippen LogP contribution < -0.4 is 16.4 Å². The minimum absolute atomic E-state index is 0. The van der Waals surface area contributed by atoms with E-state index in [1.807, 2.05) is 0 Å². The van der Waals surface area contributed by atoms with Crippen LogP contribution in [0, 0.1) is 13.8 Å². The molecule has 0 aliphatic rings. The van der Waals surface area contributed by atoms with Crippen LogP contribution in [0.2, 0.25) is 0 Å². The van der Waals surface area contributed by atoms with Crippen LogP contribution in [-0.2, 0) is 11.2 Å². The summed E-state index contributed by atoms with van der Waals surface area (Å²) in [5.74, 6) is 0.105. The predicted molar refractivity (Wildman–Crippen MR) is 93.4 cm³/mol. The van der Waals surface area contributed by atoms with Gasteiger partial charge in [0, 0.05) is 18.7 Å². The third kappa shape index (κ3) is 4.81. The fourth-order valence-electron chi connectivity index (χ4n) is 2.18. The summed E-state index contributed by atoms with van der Waals surface area (Å²) in [6, 6.07) is 6.83. The van der Waals surface area contributed by atoms with Crippen LogP contribution in [-0.4, -0.2) is 30.1 Å². The predicted octanol–water partition coefficient (Wildman–Crippen LogP) is 1.58. The molecule has 0 aliphatic heterocycles. The number of anilines is 1. The Morgan fingerprint density at radius 1 is 1.25 bits per heavy atom. The van der Waals surface area contributed by atoms with Gasteiger partial charge in [-0.15, -0.1) is 12.4 Å². The normalized spacial score (nSPS) is 9.96. The summed E-state index contributed by atoms with van der Waals surface area (Å²) in [6.07, 6.45) is 0.139. The first-order valence-corrected chi connectivity index (χ1v) is 7.31. The lowest BCUT2D eigenvalue weighted by molar-refractivity contribution is -0.115. The first-order chi connectivity index (χ1) is 11.0. The zero-order valence-electron chi connectivity index (χ0n) is 13.6. The first-order valence-electron chi connectivity index (χ1n) is 7.31. The summed E-state index contributed by atoms with van der Waals surface area (Å²) in [4.78, 5) is 24.3. The lowest BCUT2D eigenvalue weighted by Crippen LogP contribution is -2.30. The van der Waals surface area contributed by atoms with Crippen LogP contribution in [0.4, 0.5) is 5.69 Å². The number of aromatic nitrogens is 1. The second-order valence-electron chi connectivity index (χ2n) is 5.12. The highest BCUT2D eigenvalue weighted by Gasteiger charge is 2.16. The molecule has 0 aliphatic carbocycles. The maximum atomic E-state index is 12.2. The van der Waals surface area contributed by atoms with Gasteiger partial charge in [-0.25, -0.2) is 0 Å². The second-order valence-corrected chi connectivity index (χ2v) is 5.12. The van der Waals surface area contributed by atoms with Gasteiger partial charge in [-0.3, -0.25) is 9.59 Å². The van der Waals surface area contributed by atoms with E-state index >= 15 is 0 Å². The van der Waals surface area contributed by atoms with E-state index in [9.17, 15) is 9.59 Å². The molecule has 2 amide bonds. The molecule has 0 spiro atoms. The fraction of sp³-hybridized carbons (Fsp3) is 0.312. The molecular formula is C16H21ClN4O3. The lowest BCUT2D eigenvalue weighted by atomic mass is 10.1. The first kappa shape index (κ1) is 19.7. The number of hydrogen-bond donors (Lipinski definition) is 3. The number of benzene rings is 1. The van der Waals surface area contributed by atoms with Crippen molar-refractivity contribution in [2.24, 2.45) is 5.73 Å². The molecule has 130 valence electrons. The minimum Gasteiger partial charge on any atom is -0.361 e. The molecule has 24 heavy (non-hydrogen) atoms. The highest BCUT2D eigenvalue weighted by Crippen LogP contribution is 2.17. The number of carbonyl (C=O) groups is 2. The Balaban J connectivity index is 0.00000288. The highest BCUT2D eigenvalue weighted by molar-refractivity contribution is 6.04. The molecule has 2 rings (SSSR count). The third-order valence-corrected chi connectivity index (χ3v) is 3.39. The van der Waals surface area contributed by atoms with E-state index in [2.05, 4.69) is 15.8 Å². The Morgan fingerprint density at radius 2 is 1.96 bits per heavy atom. The van der Waals surface area contributed by atoms with Crippen molar-refractivity contribution < 1.29 is 14.1 Å². The number of amides is 2. The van der Waals surface area contributed by atoms with E-state index in [1.165, 1.54) is 0 Å². The Morgan fingerprint density at radius 3 is 2.58 bits per heavy atom. The zero-order chi connectivity index (χ0) is 16.8. The molecule has 0 atom stereocenters. The van der Waals surface area contributed by atoms with Gasteiger partial charge in [0.2, 0.25) is 5.91 Å². The van der Waals surface area contributed by atoms with Crippen LogP contribution in [0.15, 0.2) is 28.8 Å². The molecule has 1 aromatic carbocycles. The van der Waals surface area contributed by atoms with Crippen molar-refractivity contribution in [3.8, 4) is 0 Å². The third-order valence-electron chi connectivity index (χ3n) is 3.39. The Labute approximate surface area is 146 Å². The average molecular weight is 353 g/mol. The molecule has 0 fully saturated rings. The van der Waals surface area contributed by atoms with Gasteiger partial charge in [0.15, 0.2) is 0 Å². The van der Waals surface area contributed by atoms with Crippen molar-refractivity contribution in [3.05, 3.63) is 46.8 Å². The molecule has 0 saturated carbocycles. The highest BCUT2D eigenvalue weighted by atomic mass is 35.5. The molecular weight excluding hydrogens is 332 g/mol. The van der Waals surface area contributed by atoms with Crippen molar-refractivity contribution in [2.75, 3.05) is 18.4 Å². The van der Waals surface area contributed by atoms with Crippen molar-refractivity contribution in [2.45, 2.75) is 20.3 Å². The summed E-state index contributed by atoms with van der Waals surface area (Å²) in [6.45, 7) is 4.27. The second kappa shape index (κ2) is 9.05. The van der Waals surface area contributed by atoms with Crippen LogP contribution >= 0.6 is 12.4 Å². The van der Waals surface area contributed by atoms with Crippen LogP contribution in [0.1, 0.15) is 27.4 Å². The number of halogens is 1. The van der Waals surface area contributed by atoms with E-state index in [1.54, 1.807) is 38.1 Å². The molecule has 8 heteroatoms. The van der Waals surface area contributed by atoms with Gasteiger partial charge < -0.3 is 20.9 Å². The Hall–Kier alpha value is -2.38. The monoisotopic (exact) mass is 352 g/mol. The molecule has 7 nitrogen and oxygen atoms in total. The van der Waals surface area contributed by atoms with Crippen molar-refractivity contribution >= 4 is 29.9 Å². The number of hydrogen-bond acceptors (Lipinski definition) is 5. The van der Waals surface area contributed by atoms with Gasteiger partial charge in [0.05, 0.1) is 23.4 Å². The molecule has 1 aromatic heterocycles. The summed E-state index contributed by atoms with van der Waals surface area (Å²) in [5, 5.41) is 9.27. The number of rotatable bonds is 6. The SMILES string of the molecule is Cc1noc(C)c1CC(=O)Nc1ccccc1C(=O)NCCN.Cl. The van der Waals surface area contributed by atoms with Gasteiger partial charge in [-0.2, -0.15) is 0 Å². The maximum Gasteiger partial charge on any atom is 0.253 e. The van der Waals surface area contributed by atoms with E-state index in [0.29, 0.717) is 35.8 Å². The zero-order valence-corrected chi connectivity index (χ0v) is 14.4. The Bertz CT molecular complexity index is 696. The number of nitrogens with zero attached hydrogens (tertiary/aromatic N) is 1. The molecule has 1 heterocycles. The average Bonchev–Trinajstić information content (AvgIpc) is 2.85. The fourth-order valence-corrected chi connectivity index (χ4v) is 2.18. The van der Waals surface area contributed by atoms with Crippen LogP contribution in [0.25, 0.3) is 0 Å². The molecule has 0 bridgehead atoms. The van der Waals surface area contributed by atoms with Crippen LogP contribution in [0.3, 0.4) is 0 Å². The number of nitrogens with one attached hydrogen (secondary N) is 2. The lowest BCUT2D eigenvalue weighted by Gasteiger charge is -2.11. The molecule has 2 aromatic rings. The number of aryl methyl sites for hydroxylation is 2. The largest absolute Gasteiger partial charge is 0.361 e. The quantitative estimate of drug-likeness (QED) is 0.731. The topological polar surface area (TPSA) is 110 Å². The van der Waals surface area contributed by atoms with Gasteiger partial charge >= 0.3 is 0 Å². The summed E-state index contributed by atoms with van der Waals surface area (Å²) in [5.41, 5.74) is 7.68. The molecule has 0 radical (unpaired) electrons. The number of nitrogens with two attached hydrogens (primary N) is 1. The smallest absolute Gasteiger partial charge is 0.253 e. The summed E-state index contributed by atoms with van der Waals surface area (Å²) in [7, 11) is 0. The number of para-hydroxylation sites is 1. The number of carbonyl (C=O) groups excluding carboxylic acids is 2.